The number of rotatable bonds is 3. The highest BCUT2D eigenvalue weighted by atomic mass is 35.5. The number of halogens is 1. The lowest BCUT2D eigenvalue weighted by molar-refractivity contribution is 0.0920. The van der Waals surface area contributed by atoms with Gasteiger partial charge in [0.15, 0.2) is 4.47 Å². The van der Waals surface area contributed by atoms with E-state index in [0.29, 0.717) is 11.1 Å². The number of nitrogens with zero attached hydrogens (tertiary/aromatic N) is 1. The van der Waals surface area contributed by atoms with Crippen molar-refractivity contribution in [3.05, 3.63) is 15.5 Å². The molecule has 0 aromatic carbocycles. The van der Waals surface area contributed by atoms with Gasteiger partial charge in [0.05, 0.1) is 11.5 Å². The van der Waals surface area contributed by atoms with Gasteiger partial charge in [0, 0.05) is 6.20 Å². The second kappa shape index (κ2) is 4.46. The molecule has 64 valence electrons. The van der Waals surface area contributed by atoms with Crippen LogP contribution in [0.25, 0.3) is 0 Å². The first-order chi connectivity index (χ1) is 5.72. The number of terminal acetylenes is 1. The molecule has 1 rings (SSSR count). The van der Waals surface area contributed by atoms with E-state index in [2.05, 4.69) is 10.9 Å². The van der Waals surface area contributed by atoms with Gasteiger partial charge in [-0.15, -0.1) is 17.8 Å². The van der Waals surface area contributed by atoms with E-state index in [1.165, 1.54) is 11.3 Å². The van der Waals surface area contributed by atoms with E-state index < -0.39 is 0 Å². The topological polar surface area (TPSA) is 22.1 Å². The van der Waals surface area contributed by atoms with Crippen LogP contribution in [0.1, 0.15) is 11.8 Å². The molecule has 1 heterocycles. The molecular weight excluding hydrogens is 194 g/mol. The first-order valence-electron chi connectivity index (χ1n) is 3.40. The standard InChI is InChI=1S/C8H8ClNOS/c1-3-6(2)11-5-7-4-10-8(9)12-7/h1,4,6H,5H2,2H3. The number of aromatic nitrogens is 1. The summed E-state index contributed by atoms with van der Waals surface area (Å²) in [6, 6.07) is 0. The molecule has 4 heteroatoms. The maximum Gasteiger partial charge on any atom is 0.183 e. The van der Waals surface area contributed by atoms with Gasteiger partial charge in [0.1, 0.15) is 6.10 Å². The van der Waals surface area contributed by atoms with Gasteiger partial charge >= 0.3 is 0 Å². The molecule has 1 aromatic heterocycles. The summed E-state index contributed by atoms with van der Waals surface area (Å²) in [5.74, 6) is 2.47. The molecular formula is C8H8ClNOS. The number of hydrogen-bond donors (Lipinski definition) is 0. The summed E-state index contributed by atoms with van der Waals surface area (Å²) in [5, 5.41) is 0. The summed E-state index contributed by atoms with van der Waals surface area (Å²) in [6.45, 7) is 2.30. The molecule has 1 aromatic rings. The molecule has 0 saturated carbocycles. The molecule has 0 saturated heterocycles. The average Bonchev–Trinajstić information content (AvgIpc) is 2.47. The molecule has 0 amide bonds. The van der Waals surface area contributed by atoms with Gasteiger partial charge in [0.2, 0.25) is 0 Å². The minimum atomic E-state index is -0.161. The molecule has 0 N–H and O–H groups in total. The normalized spacial score (nSPS) is 12.4. The van der Waals surface area contributed by atoms with Crippen molar-refractivity contribution in [3.63, 3.8) is 0 Å². The van der Waals surface area contributed by atoms with E-state index in [1.807, 2.05) is 6.92 Å². The van der Waals surface area contributed by atoms with Gasteiger partial charge < -0.3 is 4.74 Å². The summed E-state index contributed by atoms with van der Waals surface area (Å²) in [5.41, 5.74) is 0. The predicted octanol–water partition coefficient (Wildman–Crippen LogP) is 2.33. The zero-order chi connectivity index (χ0) is 8.97. The Morgan fingerprint density at radius 1 is 1.92 bits per heavy atom. The van der Waals surface area contributed by atoms with Crippen LogP contribution in [0.2, 0.25) is 4.47 Å². The van der Waals surface area contributed by atoms with Gasteiger partial charge in [-0.3, -0.25) is 0 Å². The van der Waals surface area contributed by atoms with Crippen LogP contribution in [0.4, 0.5) is 0 Å². The molecule has 0 aliphatic heterocycles. The second-order valence-electron chi connectivity index (χ2n) is 2.20. The third-order valence-electron chi connectivity index (χ3n) is 1.24. The third-order valence-corrected chi connectivity index (χ3v) is 2.32. The molecule has 0 aliphatic carbocycles. The Morgan fingerprint density at radius 2 is 2.67 bits per heavy atom. The van der Waals surface area contributed by atoms with Crippen LogP contribution >= 0.6 is 22.9 Å². The van der Waals surface area contributed by atoms with Crippen LogP contribution in [0, 0.1) is 12.3 Å². The number of ether oxygens (including phenoxy) is 1. The summed E-state index contributed by atoms with van der Waals surface area (Å²) >= 11 is 7.02. The fourth-order valence-electron chi connectivity index (χ4n) is 0.606. The lowest BCUT2D eigenvalue weighted by Gasteiger charge is -2.03. The van der Waals surface area contributed by atoms with Crippen LogP contribution in [0.3, 0.4) is 0 Å². The van der Waals surface area contributed by atoms with Crippen molar-refractivity contribution in [2.24, 2.45) is 0 Å². The summed E-state index contributed by atoms with van der Waals surface area (Å²) < 4.78 is 5.80. The molecule has 1 atom stereocenters. The van der Waals surface area contributed by atoms with Crippen molar-refractivity contribution < 1.29 is 4.74 Å². The Balaban J connectivity index is 2.39. The van der Waals surface area contributed by atoms with Crippen LogP contribution < -0.4 is 0 Å². The summed E-state index contributed by atoms with van der Waals surface area (Å²) in [6.07, 6.45) is 6.66. The Bertz CT molecular complexity index is 291. The SMILES string of the molecule is C#CC(C)OCc1cnc(Cl)s1. The fraction of sp³-hybridized carbons (Fsp3) is 0.375. The zero-order valence-electron chi connectivity index (χ0n) is 6.58. The number of thiazole rings is 1. The van der Waals surface area contributed by atoms with E-state index in [9.17, 15) is 0 Å². The highest BCUT2D eigenvalue weighted by molar-refractivity contribution is 7.15. The number of hydrogen-bond acceptors (Lipinski definition) is 3. The highest BCUT2D eigenvalue weighted by Gasteiger charge is 2.01. The fourth-order valence-corrected chi connectivity index (χ4v) is 1.51. The zero-order valence-corrected chi connectivity index (χ0v) is 8.15. The predicted molar refractivity (Wildman–Crippen MR) is 50.2 cm³/mol. The molecule has 1 unspecified atom stereocenters. The van der Waals surface area contributed by atoms with Crippen molar-refractivity contribution in [1.29, 1.82) is 0 Å². The van der Waals surface area contributed by atoms with Crippen molar-refractivity contribution in [1.82, 2.24) is 4.98 Å². The maximum atomic E-state index is 5.62. The summed E-state index contributed by atoms with van der Waals surface area (Å²) in [7, 11) is 0. The smallest absolute Gasteiger partial charge is 0.183 e. The van der Waals surface area contributed by atoms with Crippen molar-refractivity contribution in [2.75, 3.05) is 0 Å². The Morgan fingerprint density at radius 3 is 3.17 bits per heavy atom. The Kier molecular flexibility index (Phi) is 3.54. The first kappa shape index (κ1) is 9.53. The van der Waals surface area contributed by atoms with E-state index in [0.717, 1.165) is 4.88 Å². The monoisotopic (exact) mass is 201 g/mol. The van der Waals surface area contributed by atoms with Gasteiger partial charge in [-0.05, 0) is 6.92 Å². The molecule has 0 spiro atoms. The van der Waals surface area contributed by atoms with Crippen molar-refractivity contribution in [3.8, 4) is 12.3 Å². The Hall–Kier alpha value is -0.560. The van der Waals surface area contributed by atoms with Gasteiger partial charge in [-0.25, -0.2) is 4.98 Å². The summed E-state index contributed by atoms with van der Waals surface area (Å²) in [4.78, 5) is 4.86. The van der Waals surface area contributed by atoms with Gasteiger partial charge in [0.25, 0.3) is 0 Å². The molecule has 0 radical (unpaired) electrons. The maximum absolute atomic E-state index is 5.62. The van der Waals surface area contributed by atoms with Crippen LogP contribution in [-0.2, 0) is 11.3 Å². The molecule has 2 nitrogen and oxygen atoms in total. The lowest BCUT2D eigenvalue weighted by Crippen LogP contribution is -2.03. The minimum absolute atomic E-state index is 0.161. The van der Waals surface area contributed by atoms with Crippen LogP contribution in [0.5, 0.6) is 0 Å². The first-order valence-corrected chi connectivity index (χ1v) is 4.59. The van der Waals surface area contributed by atoms with Gasteiger partial charge in [-0.1, -0.05) is 17.5 Å². The molecule has 0 aliphatic rings. The van der Waals surface area contributed by atoms with Crippen LogP contribution in [0.15, 0.2) is 6.20 Å². The van der Waals surface area contributed by atoms with E-state index in [4.69, 9.17) is 22.8 Å². The van der Waals surface area contributed by atoms with E-state index in [-0.39, 0.29) is 6.10 Å². The highest BCUT2D eigenvalue weighted by Crippen LogP contribution is 2.18. The molecule has 0 bridgehead atoms. The minimum Gasteiger partial charge on any atom is -0.360 e. The average molecular weight is 202 g/mol. The van der Waals surface area contributed by atoms with E-state index in [1.54, 1.807) is 6.20 Å². The second-order valence-corrected chi connectivity index (χ2v) is 3.90. The lowest BCUT2D eigenvalue weighted by atomic mass is 10.4. The van der Waals surface area contributed by atoms with Crippen molar-refractivity contribution >= 4 is 22.9 Å². The largest absolute Gasteiger partial charge is 0.360 e. The quantitative estimate of drug-likeness (QED) is 0.701. The molecule has 12 heavy (non-hydrogen) atoms. The van der Waals surface area contributed by atoms with Gasteiger partial charge in [-0.2, -0.15) is 0 Å². The Labute approximate surface area is 80.5 Å². The van der Waals surface area contributed by atoms with E-state index >= 15 is 0 Å². The molecule has 0 fully saturated rings. The van der Waals surface area contributed by atoms with Crippen LogP contribution in [-0.4, -0.2) is 11.1 Å². The third kappa shape index (κ3) is 2.82. The van der Waals surface area contributed by atoms with Crippen molar-refractivity contribution in [2.45, 2.75) is 19.6 Å².